The first kappa shape index (κ1) is 27.2. The Balaban J connectivity index is 0.00000184. The van der Waals surface area contributed by atoms with Crippen molar-refractivity contribution in [2.24, 2.45) is 5.73 Å². The minimum atomic E-state index is -0.329. The highest BCUT2D eigenvalue weighted by Crippen LogP contribution is 2.22. The van der Waals surface area contributed by atoms with E-state index in [1.54, 1.807) is 47.8 Å². The van der Waals surface area contributed by atoms with E-state index in [1.807, 2.05) is 56.9 Å². The summed E-state index contributed by atoms with van der Waals surface area (Å²) < 4.78 is 0. The molecule has 0 unspecified atom stereocenters. The third-order valence-corrected chi connectivity index (χ3v) is 5.39. The Morgan fingerprint density at radius 2 is 1.14 bits per heavy atom. The first-order valence-electron chi connectivity index (χ1n) is 9.87. The number of hydrogen-bond donors (Lipinski definition) is 3. The summed E-state index contributed by atoms with van der Waals surface area (Å²) in [6, 6.07) is 14.2. The third kappa shape index (κ3) is 13.1. The van der Waals surface area contributed by atoms with Crippen molar-refractivity contribution in [3.05, 3.63) is 48.5 Å². The van der Waals surface area contributed by atoms with E-state index in [0.717, 1.165) is 34.4 Å². The summed E-state index contributed by atoms with van der Waals surface area (Å²) in [5.74, 6) is 1.85. The molecule has 0 saturated heterocycles. The van der Waals surface area contributed by atoms with Gasteiger partial charge in [-0.1, -0.05) is 27.7 Å². The standard InChI is InChI=1S/C18H22N2O3S2.2C2H6/c19-18(23)13-20(9-11-24-16-5-1-14(21)2-6-16)10-12-25-17-7-3-15(22)4-8-17;2*1-2/h1-8,21-22H,9-13H2,(H2,19,23);2*1-2H3. The molecular formula is C22H34N2O3S2. The van der Waals surface area contributed by atoms with Crippen LogP contribution in [-0.4, -0.2) is 52.2 Å². The molecule has 2 rings (SSSR count). The second-order valence-corrected chi connectivity index (χ2v) is 7.76. The van der Waals surface area contributed by atoms with Gasteiger partial charge in [0.2, 0.25) is 5.91 Å². The predicted molar refractivity (Wildman–Crippen MR) is 126 cm³/mol. The summed E-state index contributed by atoms with van der Waals surface area (Å²) in [6.07, 6.45) is 0. The van der Waals surface area contributed by atoms with Crippen LogP contribution in [0.4, 0.5) is 0 Å². The fourth-order valence-electron chi connectivity index (χ4n) is 2.16. The van der Waals surface area contributed by atoms with Crippen molar-refractivity contribution < 1.29 is 15.0 Å². The molecule has 0 fully saturated rings. The van der Waals surface area contributed by atoms with Gasteiger partial charge >= 0.3 is 0 Å². The van der Waals surface area contributed by atoms with Gasteiger partial charge in [-0.3, -0.25) is 9.69 Å². The van der Waals surface area contributed by atoms with Crippen molar-refractivity contribution in [3.63, 3.8) is 0 Å². The van der Waals surface area contributed by atoms with Crippen LogP contribution in [0.3, 0.4) is 0 Å². The zero-order chi connectivity index (χ0) is 22.1. The van der Waals surface area contributed by atoms with Gasteiger partial charge in [-0.15, -0.1) is 23.5 Å². The Morgan fingerprint density at radius 1 is 0.793 bits per heavy atom. The Hall–Kier alpha value is -1.83. The molecule has 7 heteroatoms. The fraction of sp³-hybridized carbons (Fsp3) is 0.409. The lowest BCUT2D eigenvalue weighted by atomic mass is 10.3. The van der Waals surface area contributed by atoms with Crippen molar-refractivity contribution >= 4 is 29.4 Å². The Morgan fingerprint density at radius 3 is 1.45 bits per heavy atom. The van der Waals surface area contributed by atoms with Crippen molar-refractivity contribution in [2.45, 2.75) is 37.5 Å². The van der Waals surface area contributed by atoms with Crippen molar-refractivity contribution in [1.29, 1.82) is 0 Å². The van der Waals surface area contributed by atoms with Crippen LogP contribution in [0.15, 0.2) is 58.3 Å². The lowest BCUT2D eigenvalue weighted by Gasteiger charge is -2.20. The van der Waals surface area contributed by atoms with Crippen molar-refractivity contribution in [3.8, 4) is 11.5 Å². The summed E-state index contributed by atoms with van der Waals surface area (Å²) in [5, 5.41) is 18.6. The van der Waals surface area contributed by atoms with Crippen LogP contribution in [0, 0.1) is 0 Å². The van der Waals surface area contributed by atoms with Crippen LogP contribution in [0.25, 0.3) is 0 Å². The average molecular weight is 439 g/mol. The summed E-state index contributed by atoms with van der Waals surface area (Å²) in [7, 11) is 0. The molecule has 162 valence electrons. The van der Waals surface area contributed by atoms with Gasteiger partial charge in [0.05, 0.1) is 6.54 Å². The minimum Gasteiger partial charge on any atom is -0.508 e. The van der Waals surface area contributed by atoms with Crippen molar-refractivity contribution in [2.75, 3.05) is 31.1 Å². The SMILES string of the molecule is CC.CC.NC(=O)CN(CCSc1ccc(O)cc1)CCSc1ccc(O)cc1. The average Bonchev–Trinajstić information content (AvgIpc) is 2.73. The van der Waals surface area contributed by atoms with Crippen LogP contribution in [0.5, 0.6) is 11.5 Å². The molecule has 0 saturated carbocycles. The van der Waals surface area contributed by atoms with E-state index in [1.165, 1.54) is 0 Å². The zero-order valence-corrected chi connectivity index (χ0v) is 19.4. The largest absolute Gasteiger partial charge is 0.508 e. The molecule has 0 heterocycles. The highest BCUT2D eigenvalue weighted by atomic mass is 32.2. The van der Waals surface area contributed by atoms with Crippen molar-refractivity contribution in [1.82, 2.24) is 4.90 Å². The number of rotatable bonds is 10. The molecule has 0 aliphatic rings. The van der Waals surface area contributed by atoms with Gasteiger partial charge in [-0.2, -0.15) is 0 Å². The van der Waals surface area contributed by atoms with E-state index in [9.17, 15) is 15.0 Å². The molecule has 0 spiro atoms. The Kier molecular flexibility index (Phi) is 16.0. The van der Waals surface area contributed by atoms with E-state index in [-0.39, 0.29) is 24.0 Å². The van der Waals surface area contributed by atoms with Crippen LogP contribution < -0.4 is 5.73 Å². The second kappa shape index (κ2) is 17.1. The van der Waals surface area contributed by atoms with Crippen LogP contribution >= 0.6 is 23.5 Å². The smallest absolute Gasteiger partial charge is 0.231 e. The monoisotopic (exact) mass is 438 g/mol. The van der Waals surface area contributed by atoms with Gasteiger partial charge in [0.25, 0.3) is 0 Å². The number of carbonyl (C=O) groups excluding carboxylic acids is 1. The van der Waals surface area contributed by atoms with Crippen LogP contribution in [0.2, 0.25) is 0 Å². The minimum absolute atomic E-state index is 0.242. The molecule has 4 N–H and O–H groups in total. The maximum absolute atomic E-state index is 11.3. The van der Waals surface area contributed by atoms with Crippen LogP contribution in [0.1, 0.15) is 27.7 Å². The van der Waals surface area contributed by atoms with Gasteiger partial charge in [0.1, 0.15) is 11.5 Å². The number of thioether (sulfide) groups is 2. The molecule has 0 radical (unpaired) electrons. The number of aromatic hydroxyl groups is 2. The van der Waals surface area contributed by atoms with Gasteiger partial charge < -0.3 is 15.9 Å². The maximum atomic E-state index is 11.3. The lowest BCUT2D eigenvalue weighted by Crippen LogP contribution is -2.36. The Bertz CT molecular complexity index is 613. The highest BCUT2D eigenvalue weighted by molar-refractivity contribution is 7.99. The van der Waals surface area contributed by atoms with Crippen LogP contribution in [-0.2, 0) is 4.79 Å². The van der Waals surface area contributed by atoms with E-state index in [0.29, 0.717) is 0 Å². The third-order valence-electron chi connectivity index (χ3n) is 3.41. The Labute approximate surface area is 183 Å². The first-order chi connectivity index (χ1) is 14.0. The van der Waals surface area contributed by atoms with E-state index >= 15 is 0 Å². The lowest BCUT2D eigenvalue weighted by molar-refractivity contribution is -0.119. The number of amides is 1. The summed E-state index contributed by atoms with van der Waals surface area (Å²) in [5.41, 5.74) is 5.34. The molecule has 0 aliphatic carbocycles. The molecule has 0 aromatic heterocycles. The molecule has 0 aliphatic heterocycles. The molecular weight excluding hydrogens is 404 g/mol. The number of benzene rings is 2. The molecule has 29 heavy (non-hydrogen) atoms. The predicted octanol–water partition coefficient (Wildman–Crippen LogP) is 4.82. The number of hydrogen-bond acceptors (Lipinski definition) is 6. The number of primary amides is 1. The first-order valence-corrected chi connectivity index (χ1v) is 11.8. The topological polar surface area (TPSA) is 86.8 Å². The molecule has 1 amide bonds. The van der Waals surface area contributed by atoms with Gasteiger partial charge in [0.15, 0.2) is 0 Å². The fourth-order valence-corrected chi connectivity index (χ4v) is 3.99. The number of phenols is 2. The zero-order valence-electron chi connectivity index (χ0n) is 17.8. The number of nitrogens with zero attached hydrogens (tertiary/aromatic N) is 1. The number of carbonyl (C=O) groups is 1. The highest BCUT2D eigenvalue weighted by Gasteiger charge is 2.09. The molecule has 0 bridgehead atoms. The van der Waals surface area contributed by atoms with E-state index < -0.39 is 0 Å². The molecule has 5 nitrogen and oxygen atoms in total. The normalized spacial score (nSPS) is 9.83. The molecule has 2 aromatic carbocycles. The second-order valence-electron chi connectivity index (χ2n) is 5.43. The summed E-state index contributed by atoms with van der Waals surface area (Å²) >= 11 is 3.35. The van der Waals surface area contributed by atoms with Gasteiger partial charge in [-0.25, -0.2) is 0 Å². The van der Waals surface area contributed by atoms with E-state index in [4.69, 9.17) is 5.73 Å². The number of phenolic OH excluding ortho intramolecular Hbond substituents is 2. The van der Waals surface area contributed by atoms with Gasteiger partial charge in [-0.05, 0) is 48.5 Å². The summed E-state index contributed by atoms with van der Waals surface area (Å²) in [4.78, 5) is 15.5. The van der Waals surface area contributed by atoms with E-state index in [2.05, 4.69) is 0 Å². The van der Waals surface area contributed by atoms with Gasteiger partial charge in [0, 0.05) is 34.4 Å². The number of nitrogens with two attached hydrogens (primary N) is 1. The molecule has 2 aromatic rings. The quantitative estimate of drug-likeness (QED) is 0.461. The molecule has 0 atom stereocenters. The maximum Gasteiger partial charge on any atom is 0.231 e. The summed E-state index contributed by atoms with van der Waals surface area (Å²) in [6.45, 7) is 9.75.